The van der Waals surface area contributed by atoms with Crippen LogP contribution in [0.15, 0.2) is 18.2 Å². The number of nitrogen functional groups attached to an aromatic ring is 1. The Kier molecular flexibility index (Phi) is 7.22. The Balaban J connectivity index is 2.44. The van der Waals surface area contributed by atoms with Crippen molar-refractivity contribution in [3.8, 4) is 5.75 Å². The molecular formula is C20H27N5O. The lowest BCUT2D eigenvalue weighted by molar-refractivity contribution is 0.410. The minimum absolute atomic E-state index is 0.290. The lowest BCUT2D eigenvalue weighted by atomic mass is 9.99. The average Bonchev–Trinajstić information content (AvgIpc) is 2.64. The molecule has 0 unspecified atom stereocenters. The number of anilines is 2. The summed E-state index contributed by atoms with van der Waals surface area (Å²) >= 11 is 0. The van der Waals surface area contributed by atoms with Gasteiger partial charge in [-0.2, -0.15) is 4.98 Å². The number of ether oxygens (including phenoxy) is 1. The van der Waals surface area contributed by atoms with Crippen LogP contribution < -0.4 is 15.8 Å². The highest BCUT2D eigenvalue weighted by molar-refractivity contribution is 5.53. The average molecular weight is 353 g/mol. The van der Waals surface area contributed by atoms with Gasteiger partial charge in [-0.05, 0) is 36.6 Å². The topological polar surface area (TPSA) is 77.4 Å². The van der Waals surface area contributed by atoms with E-state index in [1.807, 2.05) is 18.2 Å². The molecule has 0 atom stereocenters. The number of nitrogens with two attached hydrogens (primary N) is 1. The third kappa shape index (κ3) is 4.85. The van der Waals surface area contributed by atoms with E-state index in [2.05, 4.69) is 34.0 Å². The first-order valence-electron chi connectivity index (χ1n) is 9.01. The molecule has 0 aliphatic rings. The van der Waals surface area contributed by atoms with Crippen LogP contribution in [0.1, 0.15) is 49.1 Å². The third-order valence-corrected chi connectivity index (χ3v) is 4.24. The highest BCUT2D eigenvalue weighted by Gasteiger charge is 2.16. The summed E-state index contributed by atoms with van der Waals surface area (Å²) < 4.78 is 5.52. The molecule has 0 fully saturated rings. The van der Waals surface area contributed by atoms with Gasteiger partial charge in [-0.15, -0.1) is 0 Å². The van der Waals surface area contributed by atoms with Crippen molar-refractivity contribution < 1.29 is 4.74 Å². The minimum atomic E-state index is 0.290. The Hall–Kier alpha value is -2.81. The number of nitrogens with one attached hydrogen (secondary N) is 1. The number of benzene rings is 1. The molecule has 0 saturated carbocycles. The van der Waals surface area contributed by atoms with Crippen LogP contribution in [0.5, 0.6) is 5.75 Å². The van der Waals surface area contributed by atoms with Crippen LogP contribution in [0.4, 0.5) is 11.8 Å². The summed E-state index contributed by atoms with van der Waals surface area (Å²) in [6.45, 7) is 12.5. The van der Waals surface area contributed by atoms with E-state index in [0.29, 0.717) is 18.9 Å². The van der Waals surface area contributed by atoms with Crippen molar-refractivity contribution in [2.75, 3.05) is 24.7 Å². The highest BCUT2D eigenvalue weighted by atomic mass is 16.5. The first-order valence-corrected chi connectivity index (χ1v) is 9.01. The molecule has 2 aromatic rings. The van der Waals surface area contributed by atoms with Crippen LogP contribution in [0.2, 0.25) is 0 Å². The molecule has 6 nitrogen and oxygen atoms in total. The SMILES string of the molecule is [C-]#[N+]Cc1ccc(OC)c(Cc2c(CC)nc(N)nc2NCCCC)c1. The number of unbranched alkanes of at least 4 members (excludes halogenated alkanes) is 1. The molecule has 0 amide bonds. The monoisotopic (exact) mass is 353 g/mol. The Bertz CT molecular complexity index is 783. The zero-order valence-electron chi connectivity index (χ0n) is 15.8. The quantitative estimate of drug-likeness (QED) is 0.529. The van der Waals surface area contributed by atoms with E-state index in [9.17, 15) is 0 Å². The molecule has 0 aliphatic heterocycles. The van der Waals surface area contributed by atoms with E-state index < -0.39 is 0 Å². The maximum atomic E-state index is 7.10. The van der Waals surface area contributed by atoms with Crippen LogP contribution >= 0.6 is 0 Å². The van der Waals surface area contributed by atoms with Crippen molar-refractivity contribution >= 4 is 11.8 Å². The number of methoxy groups -OCH3 is 1. The van der Waals surface area contributed by atoms with Gasteiger partial charge in [0.05, 0.1) is 12.8 Å². The Morgan fingerprint density at radius 2 is 2.08 bits per heavy atom. The highest BCUT2D eigenvalue weighted by Crippen LogP contribution is 2.28. The van der Waals surface area contributed by atoms with Gasteiger partial charge in [0.2, 0.25) is 12.5 Å². The maximum absolute atomic E-state index is 7.10. The van der Waals surface area contributed by atoms with Gasteiger partial charge >= 0.3 is 0 Å². The normalized spacial score (nSPS) is 10.4. The Labute approximate surface area is 155 Å². The van der Waals surface area contributed by atoms with Gasteiger partial charge in [-0.3, -0.25) is 0 Å². The Morgan fingerprint density at radius 3 is 2.73 bits per heavy atom. The van der Waals surface area contributed by atoms with Crippen molar-refractivity contribution in [1.82, 2.24) is 9.97 Å². The number of aromatic nitrogens is 2. The third-order valence-electron chi connectivity index (χ3n) is 4.24. The second-order valence-corrected chi connectivity index (χ2v) is 6.13. The number of aryl methyl sites for hydroxylation is 1. The second kappa shape index (κ2) is 9.62. The smallest absolute Gasteiger partial charge is 0.239 e. The molecular weight excluding hydrogens is 326 g/mol. The first kappa shape index (κ1) is 19.5. The van der Waals surface area contributed by atoms with Gasteiger partial charge < -0.3 is 20.6 Å². The lowest BCUT2D eigenvalue weighted by Crippen LogP contribution is -2.13. The van der Waals surface area contributed by atoms with Crippen molar-refractivity contribution in [2.24, 2.45) is 0 Å². The van der Waals surface area contributed by atoms with E-state index in [1.54, 1.807) is 7.11 Å². The largest absolute Gasteiger partial charge is 0.496 e. The summed E-state index contributed by atoms with van der Waals surface area (Å²) in [7, 11) is 1.66. The summed E-state index contributed by atoms with van der Waals surface area (Å²) in [5.41, 5.74) is 9.88. The lowest BCUT2D eigenvalue weighted by Gasteiger charge is -2.16. The summed E-state index contributed by atoms with van der Waals surface area (Å²) in [5, 5.41) is 3.41. The summed E-state index contributed by atoms with van der Waals surface area (Å²) in [4.78, 5) is 12.3. The Morgan fingerprint density at radius 1 is 1.27 bits per heavy atom. The fourth-order valence-corrected chi connectivity index (χ4v) is 2.91. The summed E-state index contributed by atoms with van der Waals surface area (Å²) in [5.74, 6) is 1.89. The van der Waals surface area contributed by atoms with Crippen molar-refractivity contribution in [3.05, 3.63) is 52.0 Å². The van der Waals surface area contributed by atoms with Crippen LogP contribution in [0, 0.1) is 6.57 Å². The predicted molar refractivity (Wildman–Crippen MR) is 105 cm³/mol. The molecule has 3 N–H and O–H groups in total. The van der Waals surface area contributed by atoms with Gasteiger partial charge in [0, 0.05) is 24.1 Å². The molecule has 2 rings (SSSR count). The molecule has 0 bridgehead atoms. The number of nitrogens with zero attached hydrogens (tertiary/aromatic N) is 3. The molecule has 0 radical (unpaired) electrons. The fraction of sp³-hybridized carbons (Fsp3) is 0.450. The van der Waals surface area contributed by atoms with Gasteiger partial charge in [-0.25, -0.2) is 11.6 Å². The predicted octanol–water partition coefficient (Wildman–Crippen LogP) is 3.85. The zero-order chi connectivity index (χ0) is 18.9. The van der Waals surface area contributed by atoms with Crippen LogP contribution in [-0.4, -0.2) is 23.6 Å². The van der Waals surface area contributed by atoms with Crippen molar-refractivity contribution in [1.29, 1.82) is 0 Å². The zero-order valence-corrected chi connectivity index (χ0v) is 15.8. The summed E-state index contributed by atoms with van der Waals surface area (Å²) in [6.07, 6.45) is 3.58. The van der Waals surface area contributed by atoms with E-state index in [-0.39, 0.29) is 0 Å². The van der Waals surface area contributed by atoms with E-state index in [4.69, 9.17) is 17.0 Å². The van der Waals surface area contributed by atoms with Gasteiger partial charge in [0.25, 0.3) is 0 Å². The first-order chi connectivity index (χ1) is 12.6. The maximum Gasteiger partial charge on any atom is 0.239 e. The van der Waals surface area contributed by atoms with E-state index in [1.165, 1.54) is 0 Å². The molecule has 1 aromatic heterocycles. The molecule has 0 saturated heterocycles. The van der Waals surface area contributed by atoms with Crippen molar-refractivity contribution in [3.63, 3.8) is 0 Å². The fourth-order valence-electron chi connectivity index (χ4n) is 2.91. The minimum Gasteiger partial charge on any atom is -0.496 e. The molecule has 6 heteroatoms. The molecule has 1 aromatic carbocycles. The van der Waals surface area contributed by atoms with Crippen LogP contribution in [0.3, 0.4) is 0 Å². The van der Waals surface area contributed by atoms with Gasteiger partial charge in [-0.1, -0.05) is 20.3 Å². The number of rotatable bonds is 9. The van der Waals surface area contributed by atoms with Gasteiger partial charge in [0.1, 0.15) is 11.6 Å². The standard InChI is InChI=1S/C20H27N5O/c1-5-7-10-23-19-16(17(6-2)24-20(21)25-19)12-15-11-14(13-22-3)8-9-18(15)26-4/h8-9,11H,5-7,10,12-13H2,1-2,4H3,(H3,21,23,24,25). The van der Waals surface area contributed by atoms with E-state index in [0.717, 1.165) is 59.8 Å². The van der Waals surface area contributed by atoms with E-state index >= 15 is 0 Å². The number of hydrogen-bond donors (Lipinski definition) is 2. The molecule has 138 valence electrons. The molecule has 0 spiro atoms. The van der Waals surface area contributed by atoms with Gasteiger partial charge in [0.15, 0.2) is 0 Å². The van der Waals surface area contributed by atoms with Crippen molar-refractivity contribution in [2.45, 2.75) is 46.1 Å². The molecule has 1 heterocycles. The van der Waals surface area contributed by atoms with Crippen LogP contribution in [-0.2, 0) is 19.4 Å². The second-order valence-electron chi connectivity index (χ2n) is 6.13. The summed E-state index contributed by atoms with van der Waals surface area (Å²) in [6, 6.07) is 5.88. The van der Waals surface area contributed by atoms with Crippen LogP contribution in [0.25, 0.3) is 4.85 Å². The molecule has 0 aliphatic carbocycles. The molecule has 26 heavy (non-hydrogen) atoms. The number of hydrogen-bond acceptors (Lipinski definition) is 5.